The molecule has 3 heterocycles. The van der Waals surface area contributed by atoms with Gasteiger partial charge in [0.05, 0.1) is 39.7 Å². The molecule has 5 nitrogen and oxygen atoms in total. The molecule has 1 aliphatic rings. The van der Waals surface area contributed by atoms with Crippen LogP contribution in [-0.2, 0) is 27.5 Å². The van der Waals surface area contributed by atoms with Crippen molar-refractivity contribution in [2.24, 2.45) is 0 Å². The molecule has 2 aromatic heterocycles. The minimum Gasteiger partial charge on any atom is -0.378 e. The normalized spacial score (nSPS) is 17.0. The van der Waals surface area contributed by atoms with Crippen LogP contribution in [0.25, 0.3) is 0 Å². The van der Waals surface area contributed by atoms with Gasteiger partial charge in [-0.25, -0.2) is 9.97 Å². The largest absolute Gasteiger partial charge is 0.421 e. The third kappa shape index (κ3) is 3.76. The van der Waals surface area contributed by atoms with Crippen molar-refractivity contribution in [1.29, 1.82) is 0 Å². The summed E-state index contributed by atoms with van der Waals surface area (Å²) in [4.78, 5) is 9.15. The van der Waals surface area contributed by atoms with Gasteiger partial charge < -0.3 is 9.64 Å². The van der Waals surface area contributed by atoms with Crippen LogP contribution in [0, 0.1) is 0 Å². The first-order valence-electron chi connectivity index (χ1n) is 7.12. The zero-order chi connectivity index (χ0) is 17.2. The Morgan fingerprint density at radius 3 is 2.67 bits per heavy atom. The summed E-state index contributed by atoms with van der Waals surface area (Å²) in [5.74, 6) is -0.464. The molecule has 1 unspecified atom stereocenters. The van der Waals surface area contributed by atoms with Gasteiger partial charge in [-0.2, -0.15) is 13.2 Å². The predicted molar refractivity (Wildman–Crippen MR) is 84.5 cm³/mol. The van der Waals surface area contributed by atoms with E-state index in [0.717, 1.165) is 6.33 Å². The second kappa shape index (κ2) is 7.16. The molecule has 0 saturated carbocycles. The fourth-order valence-corrected chi connectivity index (χ4v) is 4.48. The summed E-state index contributed by atoms with van der Waals surface area (Å²) in [6, 6.07) is 3.35. The molecular weight excluding hydrogens is 363 g/mol. The number of hydrogen-bond acceptors (Lipinski definition) is 6. The molecule has 10 heteroatoms. The lowest BCUT2D eigenvalue weighted by Crippen LogP contribution is -2.38. The maximum Gasteiger partial charge on any atom is 0.421 e. The standard InChI is InChI=1S/C14H14F3N3O2S2/c15-14(16,17)12-10(8-24(21)11-2-1-7-23-11)18-9-19-13(12)20-3-5-22-6-4-20/h1-2,7,9H,3-6,8H2. The zero-order valence-electron chi connectivity index (χ0n) is 12.5. The van der Waals surface area contributed by atoms with E-state index in [-0.39, 0.29) is 17.3 Å². The van der Waals surface area contributed by atoms with Crippen molar-refractivity contribution in [2.75, 3.05) is 31.2 Å². The summed E-state index contributed by atoms with van der Waals surface area (Å²) in [5.41, 5.74) is -1.15. The Morgan fingerprint density at radius 2 is 2.04 bits per heavy atom. The monoisotopic (exact) mass is 377 g/mol. The Kier molecular flexibility index (Phi) is 5.16. The molecule has 0 N–H and O–H groups in total. The minimum atomic E-state index is -4.62. The molecule has 0 radical (unpaired) electrons. The molecule has 130 valence electrons. The van der Waals surface area contributed by atoms with E-state index in [1.807, 2.05) is 0 Å². The Hall–Kier alpha value is -1.52. The summed E-state index contributed by atoms with van der Waals surface area (Å²) < 4.78 is 58.9. The Labute approximate surface area is 142 Å². The van der Waals surface area contributed by atoms with Crippen molar-refractivity contribution >= 4 is 28.0 Å². The minimum absolute atomic E-state index is 0.168. The number of anilines is 1. The van der Waals surface area contributed by atoms with Crippen molar-refractivity contribution in [3.63, 3.8) is 0 Å². The highest BCUT2D eigenvalue weighted by Gasteiger charge is 2.40. The highest BCUT2D eigenvalue weighted by Crippen LogP contribution is 2.38. The molecule has 0 spiro atoms. The molecule has 0 bridgehead atoms. The van der Waals surface area contributed by atoms with E-state index in [1.165, 1.54) is 16.2 Å². The maximum absolute atomic E-state index is 13.6. The van der Waals surface area contributed by atoms with E-state index in [9.17, 15) is 17.4 Å². The SMILES string of the molecule is O=S(Cc1ncnc(N2CCOCC2)c1C(F)(F)F)c1cccs1. The maximum atomic E-state index is 13.6. The molecule has 2 aromatic rings. The van der Waals surface area contributed by atoms with Crippen LogP contribution in [0.1, 0.15) is 11.3 Å². The van der Waals surface area contributed by atoms with Crippen LogP contribution in [0.5, 0.6) is 0 Å². The number of ether oxygens (including phenoxy) is 1. The average Bonchev–Trinajstić information content (AvgIpc) is 3.09. The second-order valence-corrected chi connectivity index (χ2v) is 7.66. The smallest absolute Gasteiger partial charge is 0.378 e. The molecule has 1 fully saturated rings. The third-order valence-corrected chi connectivity index (χ3v) is 6.12. The molecule has 24 heavy (non-hydrogen) atoms. The van der Waals surface area contributed by atoms with Crippen LogP contribution < -0.4 is 4.90 Å². The van der Waals surface area contributed by atoms with Crippen LogP contribution in [-0.4, -0.2) is 40.5 Å². The highest BCUT2D eigenvalue weighted by molar-refractivity contribution is 7.86. The first-order chi connectivity index (χ1) is 11.5. The van der Waals surface area contributed by atoms with Gasteiger partial charge in [0.2, 0.25) is 0 Å². The quantitative estimate of drug-likeness (QED) is 0.820. The first-order valence-corrected chi connectivity index (χ1v) is 9.32. The Bertz CT molecular complexity index is 717. The molecule has 1 saturated heterocycles. The van der Waals surface area contributed by atoms with Crippen molar-refractivity contribution < 1.29 is 22.1 Å². The summed E-state index contributed by atoms with van der Waals surface area (Å²) in [6.07, 6.45) is -3.52. The number of hydrogen-bond donors (Lipinski definition) is 0. The van der Waals surface area contributed by atoms with Crippen LogP contribution in [0.3, 0.4) is 0 Å². The van der Waals surface area contributed by atoms with Crippen molar-refractivity contribution in [3.8, 4) is 0 Å². The molecule has 1 aliphatic heterocycles. The van der Waals surface area contributed by atoms with Crippen molar-refractivity contribution in [1.82, 2.24) is 9.97 Å². The highest BCUT2D eigenvalue weighted by atomic mass is 32.2. The van der Waals surface area contributed by atoms with Gasteiger partial charge in [0.1, 0.15) is 17.7 Å². The number of halogens is 3. The molecular formula is C14H14F3N3O2S2. The van der Waals surface area contributed by atoms with E-state index < -0.39 is 22.5 Å². The number of morpholine rings is 1. The summed E-state index contributed by atoms with van der Waals surface area (Å²) in [6.45, 7) is 1.34. The fraction of sp³-hybridized carbons (Fsp3) is 0.429. The predicted octanol–water partition coefficient (Wildman–Crippen LogP) is 2.70. The van der Waals surface area contributed by atoms with Crippen LogP contribution in [0.2, 0.25) is 0 Å². The number of nitrogens with zero attached hydrogens (tertiary/aromatic N) is 3. The van der Waals surface area contributed by atoms with Gasteiger partial charge in [0, 0.05) is 13.1 Å². The number of thiophene rings is 1. The van der Waals surface area contributed by atoms with Crippen molar-refractivity contribution in [2.45, 2.75) is 16.1 Å². The van der Waals surface area contributed by atoms with Gasteiger partial charge in [0.25, 0.3) is 0 Å². The van der Waals surface area contributed by atoms with Crippen molar-refractivity contribution in [3.05, 3.63) is 35.1 Å². The van der Waals surface area contributed by atoms with E-state index in [0.29, 0.717) is 30.5 Å². The molecule has 0 aromatic carbocycles. The topological polar surface area (TPSA) is 55.3 Å². The average molecular weight is 377 g/mol. The molecule has 0 amide bonds. The molecule has 3 rings (SSSR count). The fourth-order valence-electron chi connectivity index (χ4n) is 2.41. The summed E-state index contributed by atoms with van der Waals surface area (Å²) in [7, 11) is -1.58. The van der Waals surface area contributed by atoms with Gasteiger partial charge in [-0.15, -0.1) is 11.3 Å². The lowest BCUT2D eigenvalue weighted by Gasteiger charge is -2.30. The van der Waals surface area contributed by atoms with Gasteiger partial charge >= 0.3 is 6.18 Å². The number of aromatic nitrogens is 2. The van der Waals surface area contributed by atoms with Crippen LogP contribution in [0.15, 0.2) is 28.0 Å². The third-order valence-electron chi connectivity index (χ3n) is 3.49. The van der Waals surface area contributed by atoms with Gasteiger partial charge in [-0.05, 0) is 11.4 Å². The first kappa shape index (κ1) is 17.3. The Morgan fingerprint density at radius 1 is 1.29 bits per heavy atom. The Balaban J connectivity index is 1.97. The van der Waals surface area contributed by atoms with Crippen LogP contribution >= 0.6 is 11.3 Å². The number of alkyl halides is 3. The number of rotatable bonds is 4. The van der Waals surface area contributed by atoms with E-state index in [2.05, 4.69) is 9.97 Å². The van der Waals surface area contributed by atoms with E-state index in [1.54, 1.807) is 17.5 Å². The lowest BCUT2D eigenvalue weighted by atomic mass is 10.2. The zero-order valence-corrected chi connectivity index (χ0v) is 14.1. The summed E-state index contributed by atoms with van der Waals surface area (Å²) in [5, 5.41) is 1.73. The van der Waals surface area contributed by atoms with Crippen LogP contribution in [0.4, 0.5) is 19.0 Å². The molecule has 0 aliphatic carbocycles. The van der Waals surface area contributed by atoms with Gasteiger partial charge in [-0.3, -0.25) is 4.21 Å². The van der Waals surface area contributed by atoms with Gasteiger partial charge in [0.15, 0.2) is 0 Å². The van der Waals surface area contributed by atoms with Gasteiger partial charge in [-0.1, -0.05) is 6.07 Å². The van der Waals surface area contributed by atoms with E-state index >= 15 is 0 Å². The van der Waals surface area contributed by atoms with E-state index in [4.69, 9.17) is 4.74 Å². The molecule has 1 atom stereocenters. The lowest BCUT2D eigenvalue weighted by molar-refractivity contribution is -0.138. The second-order valence-electron chi connectivity index (χ2n) is 5.04. The summed E-state index contributed by atoms with van der Waals surface area (Å²) >= 11 is 1.24.